The Morgan fingerprint density at radius 3 is 1.97 bits per heavy atom. The Morgan fingerprint density at radius 1 is 0.861 bits per heavy atom. The molecule has 2 saturated heterocycles. The first-order valence-electron chi connectivity index (χ1n) is 11.8. The standard InChI is InChI=1S/C25H33NO10/c1-14(27)31-13-21-22(32-15(2)28)23(33-16(3)29)24(34-17(4)30)25(36-21)35-19-10-8-18(9-11-19)20-7-6-12-26(20)5/h8-11,20-25H,6-7,12-13H2,1-5H3/t20?,21-,22-,23+,24-,25-/m1/s1. The minimum Gasteiger partial charge on any atom is -0.463 e. The summed E-state index contributed by atoms with van der Waals surface area (Å²) < 4.78 is 33.3. The molecule has 1 aromatic rings. The number of rotatable bonds is 8. The molecule has 0 N–H and O–H groups in total. The van der Waals surface area contributed by atoms with Gasteiger partial charge in [-0.15, -0.1) is 0 Å². The van der Waals surface area contributed by atoms with E-state index in [2.05, 4.69) is 11.9 Å². The van der Waals surface area contributed by atoms with Gasteiger partial charge in [0.1, 0.15) is 18.5 Å². The van der Waals surface area contributed by atoms with Gasteiger partial charge in [-0.1, -0.05) is 12.1 Å². The van der Waals surface area contributed by atoms with E-state index in [1.165, 1.54) is 27.7 Å². The van der Waals surface area contributed by atoms with Crippen molar-refractivity contribution in [3.05, 3.63) is 29.8 Å². The molecule has 0 amide bonds. The first-order valence-corrected chi connectivity index (χ1v) is 11.8. The van der Waals surface area contributed by atoms with Gasteiger partial charge >= 0.3 is 23.9 Å². The lowest BCUT2D eigenvalue weighted by Gasteiger charge is -2.43. The van der Waals surface area contributed by atoms with Gasteiger partial charge in [-0.25, -0.2) is 0 Å². The number of benzene rings is 1. The summed E-state index contributed by atoms with van der Waals surface area (Å²) in [5.74, 6) is -2.25. The molecular formula is C25H33NO10. The maximum atomic E-state index is 11.9. The van der Waals surface area contributed by atoms with Gasteiger partial charge in [0.05, 0.1) is 0 Å². The third-order valence-corrected chi connectivity index (χ3v) is 5.99. The number of carbonyl (C=O) groups is 4. The first kappa shape index (κ1) is 27.4. The normalized spacial score (nSPS) is 28.1. The van der Waals surface area contributed by atoms with Gasteiger partial charge in [0.2, 0.25) is 12.4 Å². The second-order valence-corrected chi connectivity index (χ2v) is 8.89. The Bertz CT molecular complexity index is 949. The average molecular weight is 508 g/mol. The minimum atomic E-state index is -1.28. The summed E-state index contributed by atoms with van der Waals surface area (Å²) in [6.45, 7) is 5.45. The van der Waals surface area contributed by atoms with Gasteiger partial charge < -0.3 is 28.4 Å². The zero-order valence-corrected chi connectivity index (χ0v) is 21.1. The quantitative estimate of drug-likeness (QED) is 0.378. The zero-order valence-electron chi connectivity index (χ0n) is 21.1. The van der Waals surface area contributed by atoms with Gasteiger partial charge in [-0.3, -0.25) is 24.1 Å². The molecule has 0 aliphatic carbocycles. The highest BCUT2D eigenvalue weighted by Gasteiger charge is 2.53. The average Bonchev–Trinajstić information content (AvgIpc) is 3.22. The third-order valence-electron chi connectivity index (χ3n) is 5.99. The fourth-order valence-corrected chi connectivity index (χ4v) is 4.52. The predicted molar refractivity (Wildman–Crippen MR) is 124 cm³/mol. The van der Waals surface area contributed by atoms with Crippen molar-refractivity contribution in [1.29, 1.82) is 0 Å². The van der Waals surface area contributed by atoms with E-state index in [-0.39, 0.29) is 6.61 Å². The molecule has 1 aromatic carbocycles. The van der Waals surface area contributed by atoms with E-state index < -0.39 is 54.6 Å². The second-order valence-electron chi connectivity index (χ2n) is 8.89. The Hall–Kier alpha value is -3.18. The van der Waals surface area contributed by atoms with Gasteiger partial charge in [-0.2, -0.15) is 0 Å². The maximum absolute atomic E-state index is 11.9. The summed E-state index contributed by atoms with van der Waals surface area (Å²) in [5.41, 5.74) is 1.14. The second kappa shape index (κ2) is 12.2. The first-order chi connectivity index (χ1) is 17.0. The van der Waals surface area contributed by atoms with Gasteiger partial charge in [0, 0.05) is 33.7 Å². The summed E-state index contributed by atoms with van der Waals surface area (Å²) in [4.78, 5) is 49.4. The number of hydrogen-bond donors (Lipinski definition) is 0. The molecule has 2 aliphatic rings. The third kappa shape index (κ3) is 7.17. The number of hydrogen-bond acceptors (Lipinski definition) is 11. The van der Waals surface area contributed by atoms with Crippen LogP contribution in [0.2, 0.25) is 0 Å². The molecule has 0 aromatic heterocycles. The maximum Gasteiger partial charge on any atom is 0.303 e. The fourth-order valence-electron chi connectivity index (χ4n) is 4.52. The summed E-state index contributed by atoms with van der Waals surface area (Å²) in [6.07, 6.45) is -3.90. The molecule has 1 unspecified atom stereocenters. The molecule has 2 aliphatic heterocycles. The van der Waals surface area contributed by atoms with Crippen molar-refractivity contribution in [2.45, 2.75) is 77.3 Å². The molecule has 0 spiro atoms. The Labute approximate surface area is 209 Å². The SMILES string of the molecule is CC(=O)OC[C@H]1O[C@@H](Oc2ccc(C3CCCN3C)cc2)[C@H](OC(C)=O)[C@@H](OC(C)=O)[C@@H]1OC(C)=O. The van der Waals surface area contributed by atoms with Crippen LogP contribution in [0.3, 0.4) is 0 Å². The van der Waals surface area contributed by atoms with Crippen molar-refractivity contribution in [1.82, 2.24) is 4.90 Å². The van der Waals surface area contributed by atoms with Crippen LogP contribution in [0.5, 0.6) is 5.75 Å². The van der Waals surface area contributed by atoms with Crippen LogP contribution in [0, 0.1) is 0 Å². The number of likely N-dealkylation sites (tertiary alicyclic amines) is 1. The van der Waals surface area contributed by atoms with Crippen molar-refractivity contribution in [3.8, 4) is 5.75 Å². The highest BCUT2D eigenvalue weighted by Crippen LogP contribution is 2.33. The topological polar surface area (TPSA) is 127 Å². The van der Waals surface area contributed by atoms with Crippen LogP contribution in [-0.2, 0) is 42.9 Å². The predicted octanol–water partition coefficient (Wildman–Crippen LogP) is 1.92. The molecule has 0 saturated carbocycles. The molecule has 11 nitrogen and oxygen atoms in total. The van der Waals surface area contributed by atoms with Gasteiger partial charge in [0.15, 0.2) is 12.2 Å². The van der Waals surface area contributed by atoms with Gasteiger partial charge in [-0.05, 0) is 44.1 Å². The lowest BCUT2D eigenvalue weighted by molar-refractivity contribution is -0.288. The van der Waals surface area contributed by atoms with Crippen molar-refractivity contribution < 1.29 is 47.6 Å². The van der Waals surface area contributed by atoms with E-state index in [0.717, 1.165) is 24.9 Å². The molecular weight excluding hydrogens is 474 g/mol. The smallest absolute Gasteiger partial charge is 0.303 e. The number of nitrogens with zero attached hydrogens (tertiary/aromatic N) is 1. The lowest BCUT2D eigenvalue weighted by Crippen LogP contribution is -2.63. The van der Waals surface area contributed by atoms with Crippen LogP contribution in [0.15, 0.2) is 24.3 Å². The molecule has 0 radical (unpaired) electrons. The van der Waals surface area contributed by atoms with Crippen molar-refractivity contribution in [2.24, 2.45) is 0 Å². The van der Waals surface area contributed by atoms with E-state index >= 15 is 0 Å². The molecule has 0 bridgehead atoms. The molecule has 6 atom stereocenters. The number of carbonyl (C=O) groups excluding carboxylic acids is 4. The van der Waals surface area contributed by atoms with Crippen LogP contribution >= 0.6 is 0 Å². The van der Waals surface area contributed by atoms with Gasteiger partial charge in [0.25, 0.3) is 0 Å². The molecule has 36 heavy (non-hydrogen) atoms. The fraction of sp³-hybridized carbons (Fsp3) is 0.600. The summed E-state index contributed by atoms with van der Waals surface area (Å²) >= 11 is 0. The molecule has 3 rings (SSSR count). The van der Waals surface area contributed by atoms with Crippen LogP contribution in [0.1, 0.15) is 52.1 Å². The number of ether oxygens (including phenoxy) is 6. The van der Waals surface area contributed by atoms with E-state index in [0.29, 0.717) is 11.8 Å². The zero-order chi connectivity index (χ0) is 26.4. The highest BCUT2D eigenvalue weighted by atomic mass is 16.7. The summed E-state index contributed by atoms with van der Waals surface area (Å²) in [5, 5.41) is 0. The highest BCUT2D eigenvalue weighted by molar-refractivity contribution is 5.68. The van der Waals surface area contributed by atoms with Crippen molar-refractivity contribution >= 4 is 23.9 Å². The van der Waals surface area contributed by atoms with E-state index in [4.69, 9.17) is 28.4 Å². The Kier molecular flexibility index (Phi) is 9.27. The van der Waals surface area contributed by atoms with E-state index in [9.17, 15) is 19.2 Å². The minimum absolute atomic E-state index is 0.315. The van der Waals surface area contributed by atoms with Crippen molar-refractivity contribution in [3.63, 3.8) is 0 Å². The molecule has 2 heterocycles. The lowest BCUT2D eigenvalue weighted by atomic mass is 9.98. The van der Waals surface area contributed by atoms with Crippen molar-refractivity contribution in [2.75, 3.05) is 20.2 Å². The Morgan fingerprint density at radius 2 is 1.44 bits per heavy atom. The van der Waals surface area contributed by atoms with E-state index in [1.807, 2.05) is 12.1 Å². The van der Waals surface area contributed by atoms with Crippen LogP contribution in [-0.4, -0.2) is 79.7 Å². The van der Waals surface area contributed by atoms with Crippen LogP contribution in [0.25, 0.3) is 0 Å². The molecule has 2 fully saturated rings. The van der Waals surface area contributed by atoms with Crippen LogP contribution < -0.4 is 4.74 Å². The van der Waals surface area contributed by atoms with E-state index in [1.54, 1.807) is 12.1 Å². The molecule has 198 valence electrons. The Balaban J connectivity index is 1.90. The van der Waals surface area contributed by atoms with Crippen LogP contribution in [0.4, 0.5) is 0 Å². The number of esters is 4. The largest absolute Gasteiger partial charge is 0.463 e. The monoisotopic (exact) mass is 507 g/mol. The summed E-state index contributed by atoms with van der Waals surface area (Å²) in [7, 11) is 2.08. The molecule has 11 heteroatoms. The summed E-state index contributed by atoms with van der Waals surface area (Å²) in [6, 6.07) is 7.77.